The maximum absolute atomic E-state index is 11.5. The lowest BCUT2D eigenvalue weighted by molar-refractivity contribution is 0.0995. The first-order valence-corrected chi connectivity index (χ1v) is 7.25. The van der Waals surface area contributed by atoms with Gasteiger partial charge in [-0.25, -0.2) is 9.97 Å². The lowest BCUT2D eigenvalue weighted by Crippen LogP contribution is -2.30. The fourth-order valence-corrected chi connectivity index (χ4v) is 2.16. The van der Waals surface area contributed by atoms with Gasteiger partial charge >= 0.3 is 0 Å². The summed E-state index contributed by atoms with van der Waals surface area (Å²) in [7, 11) is 0. The highest BCUT2D eigenvalue weighted by atomic mass is 16.3. The third-order valence-corrected chi connectivity index (χ3v) is 3.18. The summed E-state index contributed by atoms with van der Waals surface area (Å²) in [6.07, 6.45) is 0.880. The van der Waals surface area contributed by atoms with E-state index in [9.17, 15) is 9.90 Å². The van der Waals surface area contributed by atoms with Gasteiger partial charge < -0.3 is 15.7 Å². The molecule has 0 saturated heterocycles. The molecule has 1 aromatic heterocycles. The Morgan fingerprint density at radius 3 is 2.55 bits per heavy atom. The lowest BCUT2D eigenvalue weighted by atomic mass is 10.1. The number of nitrogens with two attached hydrogens (primary N) is 1. The molecular weight excluding hydrogens is 280 g/mol. The van der Waals surface area contributed by atoms with Gasteiger partial charge in [0.05, 0.1) is 12.3 Å². The van der Waals surface area contributed by atoms with E-state index >= 15 is 0 Å². The van der Waals surface area contributed by atoms with E-state index in [1.54, 1.807) is 6.07 Å². The van der Waals surface area contributed by atoms with E-state index in [1.165, 1.54) is 0 Å². The van der Waals surface area contributed by atoms with Gasteiger partial charge in [0.2, 0.25) is 5.95 Å². The molecule has 0 radical (unpaired) electrons. The Hall–Kier alpha value is -2.47. The molecule has 0 spiro atoms. The summed E-state index contributed by atoms with van der Waals surface area (Å²) >= 11 is 0. The first-order valence-electron chi connectivity index (χ1n) is 7.25. The average Bonchev–Trinajstić information content (AvgIpc) is 2.55. The Kier molecular flexibility index (Phi) is 5.43. The van der Waals surface area contributed by atoms with Crippen LogP contribution in [-0.4, -0.2) is 40.7 Å². The minimum atomic E-state index is -0.596. The number of anilines is 1. The number of benzene rings is 1. The van der Waals surface area contributed by atoms with E-state index in [-0.39, 0.29) is 12.3 Å². The van der Waals surface area contributed by atoms with Crippen LogP contribution in [0, 0.1) is 0 Å². The Bertz CT molecular complexity index is 625. The number of primary amides is 1. The van der Waals surface area contributed by atoms with Gasteiger partial charge in [0.15, 0.2) is 0 Å². The van der Waals surface area contributed by atoms with Crippen molar-refractivity contribution in [3.05, 3.63) is 42.1 Å². The first-order chi connectivity index (χ1) is 10.7. The largest absolute Gasteiger partial charge is 0.395 e. The summed E-state index contributed by atoms with van der Waals surface area (Å²) < 4.78 is 0. The highest BCUT2D eigenvalue weighted by Gasteiger charge is 2.14. The molecule has 6 heteroatoms. The van der Waals surface area contributed by atoms with Gasteiger partial charge in [-0.3, -0.25) is 4.79 Å². The molecule has 0 fully saturated rings. The zero-order valence-electron chi connectivity index (χ0n) is 12.6. The van der Waals surface area contributed by atoms with Gasteiger partial charge in [0, 0.05) is 18.7 Å². The third-order valence-electron chi connectivity index (χ3n) is 3.18. The van der Waals surface area contributed by atoms with Gasteiger partial charge in [0.1, 0.15) is 5.69 Å². The number of nitrogens with zero attached hydrogens (tertiary/aromatic N) is 3. The maximum atomic E-state index is 11.5. The predicted molar refractivity (Wildman–Crippen MR) is 85.6 cm³/mol. The van der Waals surface area contributed by atoms with Crippen LogP contribution >= 0.6 is 0 Å². The second-order valence-electron chi connectivity index (χ2n) is 4.88. The minimum Gasteiger partial charge on any atom is -0.395 e. The molecule has 1 heterocycles. The summed E-state index contributed by atoms with van der Waals surface area (Å²) in [5.41, 5.74) is 7.07. The summed E-state index contributed by atoms with van der Waals surface area (Å²) in [5.74, 6) is -0.188. The van der Waals surface area contributed by atoms with Crippen molar-refractivity contribution in [1.29, 1.82) is 0 Å². The topological polar surface area (TPSA) is 92.3 Å². The van der Waals surface area contributed by atoms with Crippen LogP contribution in [0.25, 0.3) is 11.3 Å². The highest BCUT2D eigenvalue weighted by molar-refractivity contribution is 5.92. The van der Waals surface area contributed by atoms with E-state index in [2.05, 4.69) is 9.97 Å². The molecule has 0 aliphatic rings. The number of aliphatic hydroxyl groups excluding tert-OH is 1. The van der Waals surface area contributed by atoms with Crippen LogP contribution in [0.2, 0.25) is 0 Å². The Morgan fingerprint density at radius 1 is 1.23 bits per heavy atom. The second-order valence-corrected chi connectivity index (χ2v) is 4.88. The quantitative estimate of drug-likeness (QED) is 0.807. The highest BCUT2D eigenvalue weighted by Crippen LogP contribution is 2.20. The minimum absolute atomic E-state index is 0.00910. The smallest absolute Gasteiger partial charge is 0.267 e. The van der Waals surface area contributed by atoms with Crippen molar-refractivity contribution in [2.75, 3.05) is 24.6 Å². The van der Waals surface area contributed by atoms with Gasteiger partial charge in [-0.1, -0.05) is 37.3 Å². The number of carbonyl (C=O) groups excluding carboxylic acids is 1. The standard InChI is InChI=1S/C16H20N4O2/c1-2-8-20(9-10-21)16-18-13(11-14(19-16)15(17)22)12-6-4-3-5-7-12/h3-7,11,21H,2,8-10H2,1H3,(H2,17,22). The summed E-state index contributed by atoms with van der Waals surface area (Å²) in [5, 5.41) is 9.20. The maximum Gasteiger partial charge on any atom is 0.267 e. The van der Waals surface area contributed by atoms with Crippen LogP contribution in [-0.2, 0) is 0 Å². The molecule has 3 N–H and O–H groups in total. The SMILES string of the molecule is CCCN(CCO)c1nc(C(N)=O)cc(-c2ccccc2)n1. The van der Waals surface area contributed by atoms with E-state index in [4.69, 9.17) is 5.73 Å². The molecule has 116 valence electrons. The van der Waals surface area contributed by atoms with Gasteiger partial charge in [0.25, 0.3) is 5.91 Å². The molecular formula is C16H20N4O2. The van der Waals surface area contributed by atoms with Crippen LogP contribution in [0.15, 0.2) is 36.4 Å². The molecule has 2 rings (SSSR count). The molecule has 1 aromatic carbocycles. The summed E-state index contributed by atoms with van der Waals surface area (Å²) in [6, 6.07) is 11.1. The van der Waals surface area contributed by atoms with Crippen LogP contribution in [0.5, 0.6) is 0 Å². The monoisotopic (exact) mass is 300 g/mol. The van der Waals surface area contributed by atoms with Crippen molar-refractivity contribution in [3.63, 3.8) is 0 Å². The number of rotatable bonds is 7. The molecule has 6 nitrogen and oxygen atoms in total. The van der Waals surface area contributed by atoms with Crippen molar-refractivity contribution in [1.82, 2.24) is 9.97 Å². The number of hydrogen-bond acceptors (Lipinski definition) is 5. The molecule has 0 aliphatic carbocycles. The van der Waals surface area contributed by atoms with Crippen LogP contribution in [0.3, 0.4) is 0 Å². The molecule has 22 heavy (non-hydrogen) atoms. The second kappa shape index (κ2) is 7.51. The van der Waals surface area contributed by atoms with E-state index in [0.29, 0.717) is 24.7 Å². The number of carbonyl (C=O) groups is 1. The van der Waals surface area contributed by atoms with Crippen LogP contribution < -0.4 is 10.6 Å². The van der Waals surface area contributed by atoms with Crippen molar-refractivity contribution in [2.24, 2.45) is 5.73 Å². The molecule has 0 unspecified atom stereocenters. The Labute approximate surface area is 129 Å². The zero-order chi connectivity index (χ0) is 15.9. The Balaban J connectivity index is 2.49. The lowest BCUT2D eigenvalue weighted by Gasteiger charge is -2.21. The zero-order valence-corrected chi connectivity index (χ0v) is 12.6. The van der Waals surface area contributed by atoms with E-state index in [0.717, 1.165) is 12.0 Å². The normalized spacial score (nSPS) is 10.5. The van der Waals surface area contributed by atoms with E-state index in [1.807, 2.05) is 42.2 Å². The number of aromatic nitrogens is 2. The van der Waals surface area contributed by atoms with Crippen molar-refractivity contribution in [3.8, 4) is 11.3 Å². The number of aliphatic hydroxyl groups is 1. The fraction of sp³-hybridized carbons (Fsp3) is 0.312. The molecule has 0 bridgehead atoms. The molecule has 2 aromatic rings. The van der Waals surface area contributed by atoms with Crippen LogP contribution in [0.4, 0.5) is 5.95 Å². The average molecular weight is 300 g/mol. The van der Waals surface area contributed by atoms with Crippen molar-refractivity contribution < 1.29 is 9.90 Å². The van der Waals surface area contributed by atoms with Crippen LogP contribution in [0.1, 0.15) is 23.8 Å². The summed E-state index contributed by atoms with van der Waals surface area (Å²) in [6.45, 7) is 3.12. The number of hydrogen-bond donors (Lipinski definition) is 2. The molecule has 0 aliphatic heterocycles. The van der Waals surface area contributed by atoms with E-state index < -0.39 is 5.91 Å². The van der Waals surface area contributed by atoms with Gasteiger partial charge in [-0.15, -0.1) is 0 Å². The number of amides is 1. The predicted octanol–water partition coefficient (Wildman–Crippen LogP) is 1.45. The van der Waals surface area contributed by atoms with Gasteiger partial charge in [-0.05, 0) is 12.5 Å². The Morgan fingerprint density at radius 2 is 1.95 bits per heavy atom. The van der Waals surface area contributed by atoms with Gasteiger partial charge in [-0.2, -0.15) is 0 Å². The summed E-state index contributed by atoms with van der Waals surface area (Å²) in [4.78, 5) is 22.1. The van der Waals surface area contributed by atoms with Crippen molar-refractivity contribution >= 4 is 11.9 Å². The third kappa shape index (κ3) is 3.79. The first kappa shape index (κ1) is 15.9. The molecule has 1 amide bonds. The fourth-order valence-electron chi connectivity index (χ4n) is 2.16. The molecule has 0 saturated carbocycles. The molecule has 0 atom stereocenters. The van der Waals surface area contributed by atoms with Crippen molar-refractivity contribution in [2.45, 2.75) is 13.3 Å².